The zero-order valence-corrected chi connectivity index (χ0v) is 12.4. The fourth-order valence-electron chi connectivity index (χ4n) is 2.22. The summed E-state index contributed by atoms with van der Waals surface area (Å²) in [6.45, 7) is 2.65. The monoisotopic (exact) mass is 301 g/mol. The summed E-state index contributed by atoms with van der Waals surface area (Å²) in [6.07, 6.45) is 0. The van der Waals surface area contributed by atoms with Crippen LogP contribution >= 0.6 is 12.2 Å². The lowest BCUT2D eigenvalue weighted by Gasteiger charge is -2.13. The summed E-state index contributed by atoms with van der Waals surface area (Å²) in [4.78, 5) is 0.333. The first-order valence-corrected chi connectivity index (χ1v) is 6.97. The Morgan fingerprint density at radius 1 is 1.24 bits per heavy atom. The predicted molar refractivity (Wildman–Crippen MR) is 84.0 cm³/mol. The van der Waals surface area contributed by atoms with Crippen molar-refractivity contribution >= 4 is 17.2 Å². The molecule has 1 aliphatic heterocycles. The normalized spacial score (nSPS) is 12.2. The fourth-order valence-corrected chi connectivity index (χ4v) is 2.39. The highest BCUT2D eigenvalue weighted by atomic mass is 32.1. The molecule has 0 fully saturated rings. The Morgan fingerprint density at radius 3 is 2.86 bits per heavy atom. The van der Waals surface area contributed by atoms with E-state index in [0.29, 0.717) is 11.6 Å². The van der Waals surface area contributed by atoms with E-state index in [2.05, 4.69) is 0 Å². The Balaban J connectivity index is 1.80. The molecule has 108 valence electrons. The zero-order chi connectivity index (χ0) is 14.8. The van der Waals surface area contributed by atoms with Gasteiger partial charge in [-0.2, -0.15) is 0 Å². The first kappa shape index (κ1) is 13.7. The van der Waals surface area contributed by atoms with E-state index in [1.54, 1.807) is 0 Å². The average Bonchev–Trinajstić information content (AvgIpc) is 2.93. The second-order valence-corrected chi connectivity index (χ2v) is 5.23. The summed E-state index contributed by atoms with van der Waals surface area (Å²) >= 11 is 5.07. The van der Waals surface area contributed by atoms with Crippen LogP contribution in [-0.4, -0.2) is 11.8 Å². The third-order valence-corrected chi connectivity index (χ3v) is 3.52. The van der Waals surface area contributed by atoms with E-state index < -0.39 is 0 Å². The molecule has 1 heterocycles. The molecule has 0 aliphatic carbocycles. The van der Waals surface area contributed by atoms with Crippen LogP contribution in [-0.2, 0) is 6.61 Å². The van der Waals surface area contributed by atoms with Crippen LogP contribution in [0.5, 0.6) is 17.2 Å². The summed E-state index contributed by atoms with van der Waals surface area (Å²) in [5.74, 6) is 2.23. The van der Waals surface area contributed by atoms with Gasteiger partial charge in [-0.25, -0.2) is 0 Å². The number of nitrogens with two attached hydrogens (primary N) is 1. The Morgan fingerprint density at radius 2 is 2.05 bits per heavy atom. The predicted octanol–water partition coefficient (Wildman–Crippen LogP) is 2.94. The highest BCUT2D eigenvalue weighted by molar-refractivity contribution is 7.80. The van der Waals surface area contributed by atoms with Gasteiger partial charge in [-0.1, -0.05) is 30.4 Å². The van der Waals surface area contributed by atoms with Crippen LogP contribution in [0, 0.1) is 6.92 Å². The van der Waals surface area contributed by atoms with Gasteiger partial charge >= 0.3 is 0 Å². The summed E-state index contributed by atoms with van der Waals surface area (Å²) in [5.41, 5.74) is 8.49. The number of rotatable bonds is 4. The van der Waals surface area contributed by atoms with Gasteiger partial charge in [0, 0.05) is 0 Å². The summed E-state index contributed by atoms with van der Waals surface area (Å²) in [7, 11) is 0. The zero-order valence-electron chi connectivity index (χ0n) is 11.6. The van der Waals surface area contributed by atoms with Gasteiger partial charge in [0.1, 0.15) is 17.3 Å². The van der Waals surface area contributed by atoms with Gasteiger partial charge in [0.2, 0.25) is 6.79 Å². The van der Waals surface area contributed by atoms with Crippen molar-refractivity contribution in [2.75, 3.05) is 6.79 Å². The number of fused-ring (bicyclic) bond motifs is 1. The van der Waals surface area contributed by atoms with Crippen molar-refractivity contribution in [3.8, 4) is 17.2 Å². The number of hydrogen-bond donors (Lipinski definition) is 1. The molecule has 5 heteroatoms. The van der Waals surface area contributed by atoms with Crippen molar-refractivity contribution in [2.24, 2.45) is 5.73 Å². The summed E-state index contributed by atoms with van der Waals surface area (Å²) in [5, 5.41) is 0. The Hall–Kier alpha value is -2.27. The molecule has 0 bridgehead atoms. The molecule has 0 unspecified atom stereocenters. The van der Waals surface area contributed by atoms with E-state index in [4.69, 9.17) is 32.2 Å². The number of ether oxygens (including phenoxy) is 3. The maximum absolute atomic E-state index is 5.91. The van der Waals surface area contributed by atoms with Gasteiger partial charge in [0.05, 0.1) is 5.56 Å². The molecule has 21 heavy (non-hydrogen) atoms. The molecule has 0 spiro atoms. The Labute approximate surface area is 128 Å². The molecular formula is C16H15NO3S. The molecule has 2 aromatic rings. The van der Waals surface area contributed by atoms with Crippen molar-refractivity contribution in [2.45, 2.75) is 13.5 Å². The lowest BCUT2D eigenvalue weighted by atomic mass is 10.1. The maximum atomic E-state index is 5.91. The third kappa shape index (κ3) is 2.78. The molecule has 3 rings (SSSR count). The van der Waals surface area contributed by atoms with Crippen LogP contribution in [0.25, 0.3) is 0 Å². The van der Waals surface area contributed by atoms with Crippen molar-refractivity contribution < 1.29 is 14.2 Å². The SMILES string of the molecule is Cc1cccc(C(N)=S)c1OCc1ccc2c(c1)OCO2. The van der Waals surface area contributed by atoms with Crippen LogP contribution in [0.4, 0.5) is 0 Å². The van der Waals surface area contributed by atoms with Crippen LogP contribution in [0.1, 0.15) is 16.7 Å². The van der Waals surface area contributed by atoms with E-state index in [1.165, 1.54) is 0 Å². The number of hydrogen-bond acceptors (Lipinski definition) is 4. The summed E-state index contributed by atoms with van der Waals surface area (Å²) in [6, 6.07) is 11.5. The smallest absolute Gasteiger partial charge is 0.231 e. The molecule has 0 saturated carbocycles. The van der Waals surface area contributed by atoms with Crippen LogP contribution in [0.2, 0.25) is 0 Å². The standard InChI is InChI=1S/C16H15NO3S/c1-10-3-2-4-12(16(17)21)15(10)18-8-11-5-6-13-14(7-11)20-9-19-13/h2-7H,8-9H2,1H3,(H2,17,21). The van der Waals surface area contributed by atoms with Gasteiger partial charge in [-0.05, 0) is 36.2 Å². The van der Waals surface area contributed by atoms with Crippen molar-refractivity contribution in [3.63, 3.8) is 0 Å². The molecular weight excluding hydrogens is 286 g/mol. The fraction of sp³-hybridized carbons (Fsp3) is 0.188. The quantitative estimate of drug-likeness (QED) is 0.880. The first-order chi connectivity index (χ1) is 10.1. The van der Waals surface area contributed by atoms with Gasteiger partial charge in [-0.15, -0.1) is 0 Å². The van der Waals surface area contributed by atoms with Crippen LogP contribution < -0.4 is 19.9 Å². The van der Waals surface area contributed by atoms with Gasteiger partial charge in [0.15, 0.2) is 11.5 Å². The molecule has 0 atom stereocenters. The van der Waals surface area contributed by atoms with Crippen molar-refractivity contribution in [1.82, 2.24) is 0 Å². The van der Waals surface area contributed by atoms with E-state index in [1.807, 2.05) is 43.3 Å². The minimum Gasteiger partial charge on any atom is -0.488 e. The highest BCUT2D eigenvalue weighted by Crippen LogP contribution is 2.33. The van der Waals surface area contributed by atoms with Crippen molar-refractivity contribution in [1.29, 1.82) is 0 Å². The van der Waals surface area contributed by atoms with Gasteiger partial charge in [0.25, 0.3) is 0 Å². The maximum Gasteiger partial charge on any atom is 0.231 e. The second-order valence-electron chi connectivity index (χ2n) is 4.79. The van der Waals surface area contributed by atoms with Gasteiger partial charge < -0.3 is 19.9 Å². The van der Waals surface area contributed by atoms with Crippen LogP contribution in [0.3, 0.4) is 0 Å². The molecule has 0 amide bonds. The number of aryl methyl sites for hydroxylation is 1. The lowest BCUT2D eigenvalue weighted by Crippen LogP contribution is -2.12. The number of thiocarbonyl (C=S) groups is 1. The largest absolute Gasteiger partial charge is 0.488 e. The van der Waals surface area contributed by atoms with Crippen LogP contribution in [0.15, 0.2) is 36.4 Å². The van der Waals surface area contributed by atoms with E-state index >= 15 is 0 Å². The molecule has 4 nitrogen and oxygen atoms in total. The average molecular weight is 301 g/mol. The molecule has 1 aliphatic rings. The Kier molecular flexibility index (Phi) is 3.66. The molecule has 0 saturated heterocycles. The molecule has 0 aromatic heterocycles. The lowest BCUT2D eigenvalue weighted by molar-refractivity contribution is 0.174. The number of benzene rings is 2. The number of para-hydroxylation sites is 1. The first-order valence-electron chi connectivity index (χ1n) is 6.56. The van der Waals surface area contributed by atoms with E-state index in [0.717, 1.165) is 33.9 Å². The molecule has 0 radical (unpaired) electrons. The highest BCUT2D eigenvalue weighted by Gasteiger charge is 2.14. The summed E-state index contributed by atoms with van der Waals surface area (Å²) < 4.78 is 16.6. The third-order valence-electron chi connectivity index (χ3n) is 3.30. The van der Waals surface area contributed by atoms with Gasteiger partial charge in [-0.3, -0.25) is 0 Å². The Bertz CT molecular complexity index is 700. The minimum absolute atomic E-state index is 0.267. The molecule has 2 aromatic carbocycles. The molecule has 2 N–H and O–H groups in total. The van der Waals surface area contributed by atoms with Crippen molar-refractivity contribution in [3.05, 3.63) is 53.1 Å². The topological polar surface area (TPSA) is 53.7 Å². The van der Waals surface area contributed by atoms with E-state index in [9.17, 15) is 0 Å². The van der Waals surface area contributed by atoms with E-state index in [-0.39, 0.29) is 6.79 Å². The second kappa shape index (κ2) is 5.61. The minimum atomic E-state index is 0.267.